The van der Waals surface area contributed by atoms with Crippen molar-refractivity contribution in [1.82, 2.24) is 0 Å². The Balaban J connectivity index is 0.00000198. The maximum Gasteiger partial charge on any atom is -0.0118 e. The highest BCUT2D eigenvalue weighted by Crippen LogP contribution is 2.39. The van der Waals surface area contributed by atoms with Crippen molar-refractivity contribution in [3.05, 3.63) is 126 Å². The zero-order chi connectivity index (χ0) is 23.3. The molecule has 0 nitrogen and oxygen atoms in total. The van der Waals surface area contributed by atoms with Crippen LogP contribution in [0.2, 0.25) is 0 Å². The van der Waals surface area contributed by atoms with E-state index in [1.165, 1.54) is 33.4 Å². The molecule has 1 aromatic carbocycles. The van der Waals surface area contributed by atoms with Crippen LogP contribution in [0.5, 0.6) is 0 Å². The van der Waals surface area contributed by atoms with Crippen molar-refractivity contribution in [3.63, 3.8) is 0 Å². The Hall–Kier alpha value is -2.86. The predicted molar refractivity (Wildman–Crippen MR) is 140 cm³/mol. The van der Waals surface area contributed by atoms with E-state index in [0.717, 1.165) is 36.0 Å². The maximum absolute atomic E-state index is 4.24. The highest BCUT2D eigenvalue weighted by molar-refractivity contribution is 5.66. The standard InChI is InChI=1S/C26H30.C2H6.C2H4/c1-8-20(6)24(9-2)26(18(3)4)25-15-11-14-23(21(25)7)17-22-13-10-12-19(5)16-22;2*1-2/h8-10,12-13,16-17H,1-3,6,11,14-15H2,4-5,7H3;1-2H3;1-2H2/b23-17+,26-24-;;. The molecule has 1 aromatic rings. The Morgan fingerprint density at radius 2 is 1.60 bits per heavy atom. The summed E-state index contributed by atoms with van der Waals surface area (Å²) in [5, 5.41) is 0. The first-order chi connectivity index (χ1) is 14.4. The fourth-order valence-electron chi connectivity index (χ4n) is 3.63. The summed E-state index contributed by atoms with van der Waals surface area (Å²) in [4.78, 5) is 0. The van der Waals surface area contributed by atoms with Crippen LogP contribution in [-0.4, -0.2) is 0 Å². The quantitative estimate of drug-likeness (QED) is 0.329. The SMILES string of the molecule is C=C.C=CC(=C)/C(C=C)=C(/C(=C)C)C1=C(C)/C(=C/c2cccc(C)c2)CCC1.CC. The minimum atomic E-state index is 0.896. The van der Waals surface area contributed by atoms with E-state index in [-0.39, 0.29) is 0 Å². The Kier molecular flexibility index (Phi) is 12.8. The summed E-state index contributed by atoms with van der Waals surface area (Å²) in [6.45, 7) is 32.7. The number of hydrogen-bond acceptors (Lipinski definition) is 0. The van der Waals surface area contributed by atoms with Crippen molar-refractivity contribution in [2.75, 3.05) is 0 Å². The molecule has 0 fully saturated rings. The zero-order valence-corrected chi connectivity index (χ0v) is 19.9. The average Bonchev–Trinajstić information content (AvgIpc) is 2.76. The molecule has 0 atom stereocenters. The summed E-state index contributed by atoms with van der Waals surface area (Å²) in [6.07, 6.45) is 9.31. The van der Waals surface area contributed by atoms with E-state index in [1.54, 1.807) is 6.08 Å². The topological polar surface area (TPSA) is 0 Å². The number of benzene rings is 1. The summed E-state index contributed by atoms with van der Waals surface area (Å²) in [5.74, 6) is 0. The molecule has 1 aliphatic rings. The van der Waals surface area contributed by atoms with Gasteiger partial charge in [-0.25, -0.2) is 0 Å². The van der Waals surface area contributed by atoms with Gasteiger partial charge in [-0.1, -0.05) is 93.8 Å². The summed E-state index contributed by atoms with van der Waals surface area (Å²) >= 11 is 0. The van der Waals surface area contributed by atoms with Crippen LogP contribution in [0.15, 0.2) is 115 Å². The highest BCUT2D eigenvalue weighted by atomic mass is 14.2. The highest BCUT2D eigenvalue weighted by Gasteiger charge is 2.20. The van der Waals surface area contributed by atoms with Gasteiger partial charge in [-0.15, -0.1) is 13.2 Å². The molecule has 30 heavy (non-hydrogen) atoms. The van der Waals surface area contributed by atoms with E-state index < -0.39 is 0 Å². The summed E-state index contributed by atoms with van der Waals surface area (Å²) in [5.41, 5.74) is 10.8. The summed E-state index contributed by atoms with van der Waals surface area (Å²) in [6, 6.07) is 8.66. The van der Waals surface area contributed by atoms with E-state index in [0.29, 0.717) is 0 Å². The molecule has 0 saturated carbocycles. The maximum atomic E-state index is 4.24. The van der Waals surface area contributed by atoms with Gasteiger partial charge >= 0.3 is 0 Å². The van der Waals surface area contributed by atoms with E-state index >= 15 is 0 Å². The molecule has 160 valence electrons. The smallest absolute Gasteiger partial charge is 0.0118 e. The van der Waals surface area contributed by atoms with Gasteiger partial charge in [-0.05, 0) is 79.0 Å². The van der Waals surface area contributed by atoms with Crippen LogP contribution in [0.3, 0.4) is 0 Å². The van der Waals surface area contributed by atoms with E-state index in [9.17, 15) is 0 Å². The Bertz CT molecular complexity index is 865. The second-order valence-electron chi connectivity index (χ2n) is 7.04. The molecule has 0 heteroatoms. The summed E-state index contributed by atoms with van der Waals surface area (Å²) < 4.78 is 0. The Morgan fingerprint density at radius 1 is 0.967 bits per heavy atom. The first-order valence-electron chi connectivity index (χ1n) is 10.7. The second kappa shape index (κ2) is 14.2. The third-order valence-corrected chi connectivity index (χ3v) is 4.98. The number of allylic oxidation sites excluding steroid dienone is 9. The lowest BCUT2D eigenvalue weighted by Crippen LogP contribution is -2.06. The van der Waals surface area contributed by atoms with Crippen LogP contribution in [0, 0.1) is 6.92 Å². The molecular formula is C30H40. The van der Waals surface area contributed by atoms with Gasteiger partial charge in [-0.3, -0.25) is 0 Å². The van der Waals surface area contributed by atoms with Crippen LogP contribution < -0.4 is 0 Å². The molecule has 0 unspecified atom stereocenters. The van der Waals surface area contributed by atoms with Gasteiger partial charge in [0.2, 0.25) is 0 Å². The van der Waals surface area contributed by atoms with Gasteiger partial charge in [-0.2, -0.15) is 0 Å². The molecule has 0 aliphatic heterocycles. The van der Waals surface area contributed by atoms with E-state index in [4.69, 9.17) is 0 Å². The third-order valence-electron chi connectivity index (χ3n) is 4.98. The lowest BCUT2D eigenvalue weighted by Gasteiger charge is -2.25. The largest absolute Gasteiger partial charge is 0.106 e. The lowest BCUT2D eigenvalue weighted by molar-refractivity contribution is 0.772. The summed E-state index contributed by atoms with van der Waals surface area (Å²) in [7, 11) is 0. The van der Waals surface area contributed by atoms with Crippen molar-refractivity contribution in [2.24, 2.45) is 0 Å². The predicted octanol–water partition coefficient (Wildman–Crippen LogP) is 9.51. The molecule has 0 bridgehead atoms. The molecule has 0 saturated heterocycles. The minimum absolute atomic E-state index is 0.896. The van der Waals surface area contributed by atoms with E-state index in [2.05, 4.69) is 90.6 Å². The minimum Gasteiger partial charge on any atom is -0.106 e. The Labute approximate surface area is 186 Å². The van der Waals surface area contributed by atoms with Gasteiger partial charge in [0.15, 0.2) is 0 Å². The fraction of sp³-hybridized carbons (Fsp3) is 0.267. The third kappa shape index (κ3) is 7.19. The number of aryl methyl sites for hydroxylation is 1. The first kappa shape index (κ1) is 27.1. The molecule has 0 spiro atoms. The average molecular weight is 401 g/mol. The van der Waals surface area contributed by atoms with Crippen molar-refractivity contribution >= 4 is 6.08 Å². The fourth-order valence-corrected chi connectivity index (χ4v) is 3.63. The van der Waals surface area contributed by atoms with Crippen LogP contribution in [0.1, 0.15) is 58.1 Å². The molecule has 0 amide bonds. The van der Waals surface area contributed by atoms with Gasteiger partial charge in [0.05, 0.1) is 0 Å². The van der Waals surface area contributed by atoms with Gasteiger partial charge in [0, 0.05) is 0 Å². The van der Waals surface area contributed by atoms with Crippen molar-refractivity contribution < 1.29 is 0 Å². The normalized spacial score (nSPS) is 15.0. The second-order valence-corrected chi connectivity index (χ2v) is 7.04. The molecule has 0 N–H and O–H groups in total. The van der Waals surface area contributed by atoms with Crippen LogP contribution >= 0.6 is 0 Å². The van der Waals surface area contributed by atoms with Crippen LogP contribution in [-0.2, 0) is 0 Å². The van der Waals surface area contributed by atoms with Gasteiger partial charge in [0.1, 0.15) is 0 Å². The van der Waals surface area contributed by atoms with E-state index in [1.807, 2.05) is 19.9 Å². The van der Waals surface area contributed by atoms with Crippen LogP contribution in [0.25, 0.3) is 6.08 Å². The molecule has 0 aromatic heterocycles. The zero-order valence-electron chi connectivity index (χ0n) is 19.9. The number of hydrogen-bond donors (Lipinski definition) is 0. The molecular weight excluding hydrogens is 360 g/mol. The number of rotatable bonds is 6. The molecule has 1 aliphatic carbocycles. The Morgan fingerprint density at radius 3 is 2.10 bits per heavy atom. The van der Waals surface area contributed by atoms with Crippen LogP contribution in [0.4, 0.5) is 0 Å². The monoisotopic (exact) mass is 400 g/mol. The van der Waals surface area contributed by atoms with Gasteiger partial charge < -0.3 is 0 Å². The van der Waals surface area contributed by atoms with Crippen molar-refractivity contribution in [1.29, 1.82) is 0 Å². The molecule has 0 radical (unpaired) electrons. The van der Waals surface area contributed by atoms with Crippen molar-refractivity contribution in [3.8, 4) is 0 Å². The van der Waals surface area contributed by atoms with Gasteiger partial charge in [0.25, 0.3) is 0 Å². The molecule has 2 rings (SSSR count). The molecule has 0 heterocycles. The first-order valence-corrected chi connectivity index (χ1v) is 10.7. The van der Waals surface area contributed by atoms with Crippen molar-refractivity contribution in [2.45, 2.75) is 53.9 Å². The lowest BCUT2D eigenvalue weighted by atomic mass is 9.79.